The number of nitrogens with zero attached hydrogens (tertiary/aromatic N) is 1. The molecule has 6 nitrogen and oxygen atoms in total. The average Bonchev–Trinajstić information content (AvgIpc) is 2.61. The van der Waals surface area contributed by atoms with E-state index in [9.17, 15) is 0 Å². The first-order valence-electron chi connectivity index (χ1n) is 8.48. The molecule has 0 amide bonds. The van der Waals surface area contributed by atoms with Crippen molar-refractivity contribution in [3.8, 4) is 5.75 Å². The van der Waals surface area contributed by atoms with E-state index in [0.29, 0.717) is 13.2 Å². The lowest BCUT2D eigenvalue weighted by Crippen LogP contribution is -2.31. The Morgan fingerprint density at radius 1 is 1.00 bits per heavy atom. The summed E-state index contributed by atoms with van der Waals surface area (Å²) in [7, 11) is 5.20. The predicted molar refractivity (Wildman–Crippen MR) is 99.1 cm³/mol. The Bertz CT molecular complexity index is 467. The minimum absolute atomic E-state index is 0.645. The molecule has 0 bridgehead atoms. The summed E-state index contributed by atoms with van der Waals surface area (Å²) in [6, 6.07) is 7.88. The molecule has 0 aromatic heterocycles. The van der Waals surface area contributed by atoms with E-state index in [1.165, 1.54) is 0 Å². The average molecular weight is 337 g/mol. The summed E-state index contributed by atoms with van der Waals surface area (Å²) in [5.74, 6) is 1.60. The molecular formula is C18H31N3O3. The number of benzene rings is 1. The zero-order valence-corrected chi connectivity index (χ0v) is 15.1. The molecule has 136 valence electrons. The Hall–Kier alpha value is -1.79. The molecule has 0 unspecified atom stereocenters. The van der Waals surface area contributed by atoms with Crippen LogP contribution in [0.25, 0.3) is 0 Å². The van der Waals surface area contributed by atoms with Gasteiger partial charge in [0.1, 0.15) is 5.75 Å². The van der Waals surface area contributed by atoms with Gasteiger partial charge in [-0.15, -0.1) is 0 Å². The lowest BCUT2D eigenvalue weighted by Gasteiger charge is -2.13. The van der Waals surface area contributed by atoms with Gasteiger partial charge in [0, 0.05) is 59.2 Å². The van der Waals surface area contributed by atoms with Crippen molar-refractivity contribution in [1.29, 1.82) is 0 Å². The largest absolute Gasteiger partial charge is 0.493 e. The molecule has 2 N–H and O–H groups in total. The Morgan fingerprint density at radius 2 is 1.79 bits per heavy atom. The van der Waals surface area contributed by atoms with Crippen LogP contribution in [-0.4, -0.2) is 53.6 Å². The zero-order chi connectivity index (χ0) is 17.5. The molecule has 1 aromatic rings. The van der Waals surface area contributed by atoms with E-state index >= 15 is 0 Å². The molecule has 0 saturated carbocycles. The van der Waals surface area contributed by atoms with E-state index in [0.717, 1.165) is 56.2 Å². The Balaban J connectivity index is 2.34. The van der Waals surface area contributed by atoms with Crippen LogP contribution in [0.1, 0.15) is 25.7 Å². The van der Waals surface area contributed by atoms with Crippen molar-refractivity contribution in [2.75, 3.05) is 52.9 Å². The number of rotatable bonds is 12. The highest BCUT2D eigenvalue weighted by Crippen LogP contribution is 2.17. The summed E-state index contributed by atoms with van der Waals surface area (Å²) < 4.78 is 15.8. The predicted octanol–water partition coefficient (Wildman–Crippen LogP) is 2.91. The van der Waals surface area contributed by atoms with Crippen LogP contribution in [0.15, 0.2) is 29.3 Å². The molecule has 6 heteroatoms. The van der Waals surface area contributed by atoms with Gasteiger partial charge in [0.05, 0.1) is 6.61 Å². The second-order valence-corrected chi connectivity index (χ2v) is 5.40. The molecule has 24 heavy (non-hydrogen) atoms. The van der Waals surface area contributed by atoms with Gasteiger partial charge < -0.3 is 24.8 Å². The second-order valence-electron chi connectivity index (χ2n) is 5.40. The summed E-state index contributed by atoms with van der Waals surface area (Å²) in [5, 5.41) is 6.60. The van der Waals surface area contributed by atoms with Gasteiger partial charge in [-0.2, -0.15) is 0 Å². The van der Waals surface area contributed by atoms with Crippen LogP contribution in [0.5, 0.6) is 5.75 Å². The van der Waals surface area contributed by atoms with Crippen LogP contribution in [0.2, 0.25) is 0 Å². The summed E-state index contributed by atoms with van der Waals surface area (Å²) in [4.78, 5) is 4.25. The number of unbranched alkanes of at least 4 members (excludes halogenated alkanes) is 2. The lowest BCUT2D eigenvalue weighted by atomic mass is 10.2. The summed E-state index contributed by atoms with van der Waals surface area (Å²) in [6.45, 7) is 3.06. The maximum atomic E-state index is 5.71. The molecule has 0 aliphatic heterocycles. The second kappa shape index (κ2) is 13.6. The van der Waals surface area contributed by atoms with Gasteiger partial charge in [0.25, 0.3) is 0 Å². The van der Waals surface area contributed by atoms with E-state index in [2.05, 4.69) is 15.6 Å². The molecular weight excluding hydrogens is 306 g/mol. The molecule has 1 rings (SSSR count). The molecule has 0 aliphatic carbocycles. The number of methoxy groups -OCH3 is 2. The van der Waals surface area contributed by atoms with Gasteiger partial charge in [-0.1, -0.05) is 6.07 Å². The first-order valence-corrected chi connectivity index (χ1v) is 8.48. The van der Waals surface area contributed by atoms with E-state index < -0.39 is 0 Å². The minimum Gasteiger partial charge on any atom is -0.493 e. The quantitative estimate of drug-likeness (QED) is 0.349. The van der Waals surface area contributed by atoms with Crippen molar-refractivity contribution < 1.29 is 14.2 Å². The van der Waals surface area contributed by atoms with Crippen molar-refractivity contribution in [3.63, 3.8) is 0 Å². The molecule has 1 aromatic carbocycles. The Labute approximate surface area is 145 Å². The Kier molecular flexibility index (Phi) is 11.5. The first-order chi connectivity index (χ1) is 11.8. The fourth-order valence-electron chi connectivity index (χ4n) is 2.13. The van der Waals surface area contributed by atoms with Crippen molar-refractivity contribution in [3.05, 3.63) is 24.3 Å². The fraction of sp³-hybridized carbons (Fsp3) is 0.611. The summed E-state index contributed by atoms with van der Waals surface area (Å²) in [6.07, 6.45) is 4.20. The van der Waals surface area contributed by atoms with Crippen LogP contribution >= 0.6 is 0 Å². The van der Waals surface area contributed by atoms with Gasteiger partial charge in [-0.3, -0.25) is 4.99 Å². The highest BCUT2D eigenvalue weighted by Gasteiger charge is 2.01. The standard InChI is InChI=1S/C18H31N3O3/c1-19-18(20-11-5-4-6-12-22-2)21-16-9-7-10-17(15-16)24-14-8-13-23-3/h7,9-10,15H,4-6,8,11-14H2,1-3H3,(H2,19,20,21). The third-order valence-corrected chi connectivity index (χ3v) is 3.40. The van der Waals surface area contributed by atoms with Crippen LogP contribution in [0.3, 0.4) is 0 Å². The third-order valence-electron chi connectivity index (χ3n) is 3.40. The van der Waals surface area contributed by atoms with Crippen LogP contribution in [0, 0.1) is 0 Å². The Morgan fingerprint density at radius 3 is 2.54 bits per heavy atom. The normalized spacial score (nSPS) is 11.4. The molecule has 0 heterocycles. The van der Waals surface area contributed by atoms with Crippen LogP contribution in [-0.2, 0) is 9.47 Å². The number of aliphatic imine (C=N–C) groups is 1. The van der Waals surface area contributed by atoms with Crippen molar-refractivity contribution in [2.45, 2.75) is 25.7 Å². The van der Waals surface area contributed by atoms with Crippen LogP contribution in [0.4, 0.5) is 5.69 Å². The maximum Gasteiger partial charge on any atom is 0.195 e. The van der Waals surface area contributed by atoms with Crippen LogP contribution < -0.4 is 15.4 Å². The minimum atomic E-state index is 0.645. The monoisotopic (exact) mass is 337 g/mol. The molecule has 0 radical (unpaired) electrons. The van der Waals surface area contributed by atoms with Gasteiger partial charge in [0.15, 0.2) is 5.96 Å². The fourth-order valence-corrected chi connectivity index (χ4v) is 2.13. The van der Waals surface area contributed by atoms with Gasteiger partial charge in [-0.05, 0) is 31.4 Å². The molecule has 0 fully saturated rings. The van der Waals surface area contributed by atoms with Crippen molar-refractivity contribution >= 4 is 11.6 Å². The first kappa shape index (κ1) is 20.3. The van der Waals surface area contributed by atoms with E-state index in [1.54, 1.807) is 21.3 Å². The van der Waals surface area contributed by atoms with Gasteiger partial charge >= 0.3 is 0 Å². The number of nitrogens with one attached hydrogen (secondary N) is 2. The third kappa shape index (κ3) is 9.37. The number of guanidine groups is 1. The van der Waals surface area contributed by atoms with Gasteiger partial charge in [0.2, 0.25) is 0 Å². The van der Waals surface area contributed by atoms with Gasteiger partial charge in [-0.25, -0.2) is 0 Å². The summed E-state index contributed by atoms with van der Waals surface area (Å²) >= 11 is 0. The topological polar surface area (TPSA) is 64.1 Å². The smallest absolute Gasteiger partial charge is 0.195 e. The van der Waals surface area contributed by atoms with Crippen molar-refractivity contribution in [2.24, 2.45) is 4.99 Å². The van der Waals surface area contributed by atoms with E-state index in [-0.39, 0.29) is 0 Å². The number of hydrogen-bond acceptors (Lipinski definition) is 4. The SMILES string of the molecule is CN=C(NCCCCCOC)Nc1cccc(OCCCOC)c1. The molecule has 0 spiro atoms. The molecule has 0 aliphatic rings. The van der Waals surface area contributed by atoms with Crippen molar-refractivity contribution in [1.82, 2.24) is 5.32 Å². The summed E-state index contributed by atoms with van der Waals surface area (Å²) in [5.41, 5.74) is 0.951. The van der Waals surface area contributed by atoms with E-state index in [1.807, 2.05) is 24.3 Å². The molecule has 0 saturated heterocycles. The van der Waals surface area contributed by atoms with E-state index in [4.69, 9.17) is 14.2 Å². The number of hydrogen-bond donors (Lipinski definition) is 2. The number of ether oxygens (including phenoxy) is 3. The zero-order valence-electron chi connectivity index (χ0n) is 15.1. The maximum absolute atomic E-state index is 5.71. The highest BCUT2D eigenvalue weighted by atomic mass is 16.5. The lowest BCUT2D eigenvalue weighted by molar-refractivity contribution is 0.172. The highest BCUT2D eigenvalue weighted by molar-refractivity contribution is 5.93. The number of anilines is 1. The molecule has 0 atom stereocenters.